The molecule has 0 bridgehead atoms. The first-order valence-corrected chi connectivity index (χ1v) is 16.5. The molecule has 0 amide bonds. The van der Waals surface area contributed by atoms with Crippen LogP contribution >= 0.6 is 22.9 Å². The van der Waals surface area contributed by atoms with Crippen LogP contribution in [-0.2, 0) is 33.7 Å². The first kappa shape index (κ1) is 30.7. The van der Waals surface area contributed by atoms with Gasteiger partial charge in [-0.25, -0.2) is 15.0 Å². The van der Waals surface area contributed by atoms with E-state index in [0.717, 1.165) is 11.9 Å². The number of phosphoric acid groups is 1. The van der Waals surface area contributed by atoms with E-state index in [4.69, 9.17) is 16.2 Å². The largest absolute Gasteiger partial charge is 0.783 e. The minimum Gasteiger partial charge on any atom is -0.783 e. The molecule has 0 saturated carbocycles. The van der Waals surface area contributed by atoms with Crippen molar-refractivity contribution in [3.63, 3.8) is 0 Å². The summed E-state index contributed by atoms with van der Waals surface area (Å²) in [7, 11) is -16.2. The molecule has 1 fully saturated rings. The van der Waals surface area contributed by atoms with E-state index in [1.807, 2.05) is 5.09 Å². The Morgan fingerprint density at radius 1 is 1.07 bits per heavy atom. The van der Waals surface area contributed by atoms with Crippen LogP contribution in [0.3, 0.4) is 0 Å². The molecule has 3 heterocycles. The fourth-order valence-electron chi connectivity index (χ4n) is 3.89. The molecule has 40 heavy (non-hydrogen) atoms. The third-order valence-corrected chi connectivity index (χ3v) is 11.4. The molecule has 4 rings (SSSR count). The molecule has 4 unspecified atom stereocenters. The summed E-state index contributed by atoms with van der Waals surface area (Å²) in [6.45, 7) is -0.609. The number of ether oxygens (including phenoxy) is 1. The zero-order valence-corrected chi connectivity index (χ0v) is 23.1. The summed E-state index contributed by atoms with van der Waals surface area (Å²) in [5, 5.41) is 22.8. The number of benzene rings is 1. The molecule has 1 aliphatic rings. The summed E-state index contributed by atoms with van der Waals surface area (Å²) in [5.74, 6) is -1.65. The van der Waals surface area contributed by atoms with Gasteiger partial charge in [0.1, 0.15) is 37.7 Å². The topological polar surface area (TPSA) is 296 Å². The molecule has 18 nitrogen and oxygen atoms in total. The van der Waals surface area contributed by atoms with Crippen LogP contribution in [0.4, 0.5) is 11.5 Å². The van der Waals surface area contributed by atoms with Gasteiger partial charge < -0.3 is 59.8 Å². The lowest BCUT2D eigenvalue weighted by Crippen LogP contribution is -2.34. The van der Waals surface area contributed by atoms with Crippen molar-refractivity contribution in [3.05, 3.63) is 42.5 Å². The number of hydrogen-bond donors (Lipinski definition) is 5. The second kappa shape index (κ2) is 11.9. The molecular formula is C19H25N7O11P3-3. The minimum atomic E-state index is -5.68. The lowest BCUT2D eigenvalue weighted by atomic mass is 10.1. The van der Waals surface area contributed by atoms with E-state index < -0.39 is 60.0 Å². The highest BCUT2D eigenvalue weighted by molar-refractivity contribution is 7.75. The van der Waals surface area contributed by atoms with Gasteiger partial charge in [0.2, 0.25) is 0 Å². The number of nitrogens with one attached hydrogen (secondary N) is 1. The molecule has 0 aliphatic carbocycles. The summed E-state index contributed by atoms with van der Waals surface area (Å²) < 4.78 is 52.1. The lowest BCUT2D eigenvalue weighted by molar-refractivity contribution is -0.233. The number of nitrogen functional groups attached to an aromatic ring is 1. The van der Waals surface area contributed by atoms with Gasteiger partial charge in [0.25, 0.3) is 7.82 Å². The molecule has 1 aromatic carbocycles. The number of aliphatic hydroxyl groups is 2. The van der Waals surface area contributed by atoms with Gasteiger partial charge in [-0.1, -0.05) is 12.1 Å². The normalized spacial score (nSPS) is 25.8. The van der Waals surface area contributed by atoms with E-state index >= 15 is 0 Å². The van der Waals surface area contributed by atoms with Crippen molar-refractivity contribution in [3.8, 4) is 0 Å². The lowest BCUT2D eigenvalue weighted by Gasteiger charge is -2.36. The first-order chi connectivity index (χ1) is 18.7. The van der Waals surface area contributed by atoms with E-state index in [9.17, 15) is 38.6 Å². The fraction of sp³-hybridized carbons (Fsp3) is 0.421. The predicted octanol–water partition coefficient (Wildman–Crippen LogP) is -1.79. The van der Waals surface area contributed by atoms with Crippen LogP contribution in [0.25, 0.3) is 11.2 Å². The third kappa shape index (κ3) is 7.31. The molecule has 7 atom stereocenters. The van der Waals surface area contributed by atoms with Gasteiger partial charge in [0, 0.05) is 5.69 Å². The number of rotatable bonds is 12. The molecule has 3 aromatic rings. The summed E-state index contributed by atoms with van der Waals surface area (Å²) in [6.07, 6.45) is -3.20. The van der Waals surface area contributed by atoms with Gasteiger partial charge >= 0.3 is 0 Å². The highest BCUT2D eigenvalue weighted by Crippen LogP contribution is 2.61. The second-order valence-corrected chi connectivity index (χ2v) is 14.5. The van der Waals surface area contributed by atoms with E-state index in [1.54, 1.807) is 12.1 Å². The van der Waals surface area contributed by atoms with Crippen LogP contribution in [0.15, 0.2) is 36.9 Å². The summed E-state index contributed by atoms with van der Waals surface area (Å²) in [6, 6.07) is 5.94. The van der Waals surface area contributed by atoms with Gasteiger partial charge in [-0.2, -0.15) is 0 Å². The molecule has 1 aliphatic heterocycles. The van der Waals surface area contributed by atoms with Gasteiger partial charge in [0.15, 0.2) is 25.3 Å². The number of phosphoric ester groups is 1. The van der Waals surface area contributed by atoms with Crippen molar-refractivity contribution in [2.45, 2.75) is 31.0 Å². The number of aromatic nitrogens is 4. The number of imidazole rings is 1. The van der Waals surface area contributed by atoms with E-state index in [1.165, 1.54) is 23.0 Å². The van der Waals surface area contributed by atoms with Crippen LogP contribution in [0, 0.1) is 0 Å². The SMILES string of the molecule is NCCc1ccc(NP(=O)([O-])CP(=O)([O-])OP(=O)([O-])OC[C@H]2O[C@@H](n3cnc4c(N)ncnc43)C(O)[C@H]2O)cc1. The molecule has 2 aromatic heterocycles. The Kier molecular flexibility index (Phi) is 9.12. The molecule has 0 spiro atoms. The molecular weight excluding hydrogens is 595 g/mol. The van der Waals surface area contributed by atoms with Crippen LogP contribution in [0.1, 0.15) is 11.8 Å². The Morgan fingerprint density at radius 3 is 2.45 bits per heavy atom. The Hall–Kier alpha value is -2.30. The standard InChI is InChI=1S/C19H28N7O11P3/c20-6-5-11-1-3-12(4-2-11)25-38(29,30)10-39(31,32)37-40(33,34)35-7-13-15(27)16(28)19(36-13)26-9-24-14-17(21)22-8-23-18(14)26/h1-4,8-9,13,15-16,19,27-28H,5-7,10,20H2,(H,31,32)(H,33,34)(H2,21,22,23)(H2,25,29,30)/p-3/t13-,15+,16?,19-/m1/s1. The summed E-state index contributed by atoms with van der Waals surface area (Å²) in [4.78, 5) is 48.5. The summed E-state index contributed by atoms with van der Waals surface area (Å²) >= 11 is 0. The van der Waals surface area contributed by atoms with E-state index in [-0.39, 0.29) is 22.7 Å². The number of aliphatic hydroxyl groups excluding tert-OH is 2. The maximum Gasteiger partial charge on any atom is 0.272 e. The van der Waals surface area contributed by atoms with Crippen LogP contribution in [0.5, 0.6) is 0 Å². The number of fused-ring (bicyclic) bond motifs is 1. The first-order valence-electron chi connectivity index (χ1n) is 11.5. The quantitative estimate of drug-likeness (QED) is 0.140. The van der Waals surface area contributed by atoms with Crippen LogP contribution in [-0.4, -0.2) is 67.1 Å². The van der Waals surface area contributed by atoms with Crippen molar-refractivity contribution >= 4 is 45.6 Å². The van der Waals surface area contributed by atoms with Crippen molar-refractivity contribution in [1.82, 2.24) is 19.5 Å². The van der Waals surface area contributed by atoms with Gasteiger partial charge in [0.05, 0.1) is 18.8 Å². The smallest absolute Gasteiger partial charge is 0.272 e. The molecule has 220 valence electrons. The zero-order chi connectivity index (χ0) is 29.3. The average molecular weight is 620 g/mol. The third-order valence-electron chi connectivity index (χ3n) is 5.67. The highest BCUT2D eigenvalue weighted by Gasteiger charge is 2.45. The van der Waals surface area contributed by atoms with Crippen molar-refractivity contribution in [2.75, 3.05) is 29.9 Å². The Bertz CT molecular complexity index is 1490. The molecule has 0 radical (unpaired) electrons. The molecule has 1 saturated heterocycles. The second-order valence-electron chi connectivity index (χ2n) is 8.73. The van der Waals surface area contributed by atoms with Gasteiger partial charge in [-0.15, -0.1) is 0 Å². The van der Waals surface area contributed by atoms with Gasteiger partial charge in [-0.05, 0) is 30.7 Å². The summed E-state index contributed by atoms with van der Waals surface area (Å²) in [5.41, 5.74) is 12.4. The fourth-order valence-corrected chi connectivity index (χ4v) is 8.95. The van der Waals surface area contributed by atoms with E-state index in [0.29, 0.717) is 13.0 Å². The van der Waals surface area contributed by atoms with Crippen molar-refractivity contribution < 1.29 is 52.2 Å². The maximum absolute atomic E-state index is 12.3. The van der Waals surface area contributed by atoms with Crippen LogP contribution in [0.2, 0.25) is 0 Å². The number of anilines is 2. The zero-order valence-electron chi connectivity index (χ0n) is 20.5. The Morgan fingerprint density at radius 2 is 1.77 bits per heavy atom. The molecule has 7 N–H and O–H groups in total. The maximum atomic E-state index is 12.3. The van der Waals surface area contributed by atoms with Crippen LogP contribution < -0.4 is 31.2 Å². The predicted molar refractivity (Wildman–Crippen MR) is 133 cm³/mol. The van der Waals surface area contributed by atoms with Crippen molar-refractivity contribution in [2.24, 2.45) is 5.73 Å². The molecule has 21 heteroatoms. The number of nitrogens with two attached hydrogens (primary N) is 2. The number of hydrogen-bond acceptors (Lipinski definition) is 16. The Balaban J connectivity index is 1.35. The minimum absolute atomic E-state index is 0.0426. The Labute approximate surface area is 226 Å². The number of nitrogens with zero attached hydrogens (tertiary/aromatic N) is 4. The van der Waals surface area contributed by atoms with E-state index in [2.05, 4.69) is 23.8 Å². The average Bonchev–Trinajstić information content (AvgIpc) is 3.39. The van der Waals surface area contributed by atoms with Crippen molar-refractivity contribution in [1.29, 1.82) is 0 Å². The van der Waals surface area contributed by atoms with Gasteiger partial charge in [-0.3, -0.25) is 13.4 Å². The monoisotopic (exact) mass is 620 g/mol. The highest BCUT2D eigenvalue weighted by atomic mass is 31.3.